The molecule has 78 valence electrons. The van der Waals surface area contributed by atoms with Crippen molar-refractivity contribution in [2.24, 2.45) is 5.16 Å². The van der Waals surface area contributed by atoms with Gasteiger partial charge in [-0.1, -0.05) is 5.16 Å². The van der Waals surface area contributed by atoms with Crippen molar-refractivity contribution in [3.05, 3.63) is 39.9 Å². The molecule has 0 atom stereocenters. The number of nitrogens with zero attached hydrogens (tertiary/aromatic N) is 2. The summed E-state index contributed by atoms with van der Waals surface area (Å²) in [5.41, 5.74) is 0.0879. The molecule has 0 aliphatic rings. The van der Waals surface area contributed by atoms with E-state index in [1.165, 1.54) is 31.2 Å². The van der Waals surface area contributed by atoms with Crippen molar-refractivity contribution in [1.29, 1.82) is 0 Å². The van der Waals surface area contributed by atoms with Gasteiger partial charge in [-0.2, -0.15) is 0 Å². The molecule has 6 nitrogen and oxygen atoms in total. The molecule has 0 unspecified atom stereocenters. The molecule has 1 rings (SSSR count). The summed E-state index contributed by atoms with van der Waals surface area (Å²) < 4.78 is 0. The van der Waals surface area contributed by atoms with Crippen LogP contribution in [-0.4, -0.2) is 21.6 Å². The van der Waals surface area contributed by atoms with Crippen molar-refractivity contribution in [2.75, 3.05) is 0 Å². The third-order valence-electron chi connectivity index (χ3n) is 1.82. The average molecular weight is 208 g/mol. The van der Waals surface area contributed by atoms with Crippen molar-refractivity contribution in [3.8, 4) is 0 Å². The predicted molar refractivity (Wildman–Crippen MR) is 52.3 cm³/mol. The van der Waals surface area contributed by atoms with E-state index in [-0.39, 0.29) is 17.0 Å². The Labute approximate surface area is 85.0 Å². The second kappa shape index (κ2) is 4.32. The summed E-state index contributed by atoms with van der Waals surface area (Å²) in [5.74, 6) is -0.465. The molecule has 0 heterocycles. The monoisotopic (exact) mass is 208 g/mol. The number of Topliss-reactive ketones (excluding diaryl/α,β-unsaturated/α-hetero) is 1. The Morgan fingerprint density at radius 3 is 2.33 bits per heavy atom. The molecule has 1 N–H and O–H groups in total. The molecule has 0 fully saturated rings. The third-order valence-corrected chi connectivity index (χ3v) is 1.82. The molecule has 6 heteroatoms. The highest BCUT2D eigenvalue weighted by atomic mass is 16.6. The molecule has 0 saturated carbocycles. The summed E-state index contributed by atoms with van der Waals surface area (Å²) >= 11 is 0. The molecule has 0 aliphatic heterocycles. The van der Waals surface area contributed by atoms with E-state index < -0.39 is 10.7 Å². The highest BCUT2D eigenvalue weighted by molar-refractivity contribution is 6.45. The highest BCUT2D eigenvalue weighted by Gasteiger charge is 2.11. The second-order valence-electron chi connectivity index (χ2n) is 2.82. The molecule has 0 spiro atoms. The lowest BCUT2D eigenvalue weighted by molar-refractivity contribution is -0.384. The van der Waals surface area contributed by atoms with Crippen molar-refractivity contribution < 1.29 is 14.9 Å². The van der Waals surface area contributed by atoms with Crippen LogP contribution >= 0.6 is 0 Å². The summed E-state index contributed by atoms with van der Waals surface area (Å²) in [6, 6.07) is 5.07. The van der Waals surface area contributed by atoms with E-state index in [1.54, 1.807) is 0 Å². The molecule has 0 bridgehead atoms. The SMILES string of the molecule is C/C(=N/O)C(=O)c1ccc([N+](=O)[O-])cc1. The number of hydrogen-bond acceptors (Lipinski definition) is 5. The standard InChI is InChI=1S/C9H8N2O4/c1-6(10-13)9(12)7-2-4-8(5-3-7)11(14)15/h2-5,13H,1H3/b10-6-. The lowest BCUT2D eigenvalue weighted by atomic mass is 10.1. The van der Waals surface area contributed by atoms with Crippen molar-refractivity contribution >= 4 is 17.2 Å². The van der Waals surface area contributed by atoms with Crippen molar-refractivity contribution in [1.82, 2.24) is 0 Å². The second-order valence-corrected chi connectivity index (χ2v) is 2.82. The van der Waals surface area contributed by atoms with Gasteiger partial charge in [-0.3, -0.25) is 14.9 Å². The fourth-order valence-corrected chi connectivity index (χ4v) is 0.989. The minimum absolute atomic E-state index is 0.0659. The normalized spacial score (nSPS) is 11.1. The number of ketones is 1. The largest absolute Gasteiger partial charge is 0.411 e. The summed E-state index contributed by atoms with van der Waals surface area (Å²) in [4.78, 5) is 21.2. The van der Waals surface area contributed by atoms with Crippen LogP contribution < -0.4 is 0 Å². The van der Waals surface area contributed by atoms with Crippen LogP contribution in [0.15, 0.2) is 29.4 Å². The van der Waals surface area contributed by atoms with Gasteiger partial charge in [0.25, 0.3) is 5.69 Å². The van der Waals surface area contributed by atoms with E-state index in [0.29, 0.717) is 0 Å². The van der Waals surface area contributed by atoms with Crippen molar-refractivity contribution in [2.45, 2.75) is 6.92 Å². The lowest BCUT2D eigenvalue weighted by Gasteiger charge is -1.97. The zero-order chi connectivity index (χ0) is 11.4. The van der Waals surface area contributed by atoms with Gasteiger partial charge in [0.1, 0.15) is 5.71 Å². The third kappa shape index (κ3) is 2.37. The van der Waals surface area contributed by atoms with Gasteiger partial charge in [-0.15, -0.1) is 0 Å². The highest BCUT2D eigenvalue weighted by Crippen LogP contribution is 2.12. The maximum atomic E-state index is 11.4. The number of nitro benzene ring substituents is 1. The van der Waals surface area contributed by atoms with Gasteiger partial charge in [0.05, 0.1) is 4.92 Å². The average Bonchev–Trinajstić information content (AvgIpc) is 2.27. The Kier molecular flexibility index (Phi) is 3.12. The molecular weight excluding hydrogens is 200 g/mol. The number of hydrogen-bond donors (Lipinski definition) is 1. The van der Waals surface area contributed by atoms with E-state index in [2.05, 4.69) is 5.16 Å². The number of carbonyl (C=O) groups is 1. The molecule has 0 aliphatic carbocycles. The smallest absolute Gasteiger partial charge is 0.269 e. The van der Waals surface area contributed by atoms with Gasteiger partial charge in [0.15, 0.2) is 0 Å². The van der Waals surface area contributed by atoms with Crippen LogP contribution in [0.25, 0.3) is 0 Å². The number of carbonyl (C=O) groups excluding carboxylic acids is 1. The molecule has 0 radical (unpaired) electrons. The number of rotatable bonds is 3. The summed E-state index contributed by atoms with van der Waals surface area (Å²) in [6.07, 6.45) is 0. The molecule has 15 heavy (non-hydrogen) atoms. The first kappa shape index (κ1) is 10.8. The quantitative estimate of drug-likeness (QED) is 0.268. The minimum atomic E-state index is -0.554. The predicted octanol–water partition coefficient (Wildman–Crippen LogP) is 1.63. The molecule has 0 amide bonds. The van der Waals surface area contributed by atoms with E-state index in [4.69, 9.17) is 5.21 Å². The van der Waals surface area contributed by atoms with Crippen LogP contribution in [0, 0.1) is 10.1 Å². The first-order valence-electron chi connectivity index (χ1n) is 4.04. The van der Waals surface area contributed by atoms with E-state index in [0.717, 1.165) is 0 Å². The van der Waals surface area contributed by atoms with Crippen molar-refractivity contribution in [3.63, 3.8) is 0 Å². The topological polar surface area (TPSA) is 92.8 Å². The van der Waals surface area contributed by atoms with Crippen LogP contribution in [-0.2, 0) is 0 Å². The fourth-order valence-electron chi connectivity index (χ4n) is 0.989. The first-order valence-corrected chi connectivity index (χ1v) is 4.04. The Bertz CT molecular complexity index is 422. The number of oxime groups is 1. The van der Waals surface area contributed by atoms with E-state index in [9.17, 15) is 14.9 Å². The van der Waals surface area contributed by atoms with E-state index in [1.807, 2.05) is 0 Å². The maximum absolute atomic E-state index is 11.4. The fraction of sp³-hybridized carbons (Fsp3) is 0.111. The first-order chi connectivity index (χ1) is 7.06. The maximum Gasteiger partial charge on any atom is 0.269 e. The van der Waals surface area contributed by atoms with Crippen LogP contribution in [0.1, 0.15) is 17.3 Å². The zero-order valence-electron chi connectivity index (χ0n) is 7.88. The summed E-state index contributed by atoms with van der Waals surface area (Å²) in [5, 5.41) is 21.5. The Morgan fingerprint density at radius 1 is 1.40 bits per heavy atom. The molecule has 0 aromatic heterocycles. The Morgan fingerprint density at radius 2 is 1.93 bits per heavy atom. The molecule has 0 saturated heterocycles. The van der Waals surface area contributed by atoms with Crippen LogP contribution in [0.2, 0.25) is 0 Å². The molecule has 1 aromatic carbocycles. The van der Waals surface area contributed by atoms with Crippen LogP contribution in [0.5, 0.6) is 0 Å². The van der Waals surface area contributed by atoms with Gasteiger partial charge < -0.3 is 5.21 Å². The lowest BCUT2D eigenvalue weighted by Crippen LogP contribution is -2.10. The van der Waals surface area contributed by atoms with E-state index >= 15 is 0 Å². The molecular formula is C9H8N2O4. The number of benzene rings is 1. The number of nitro groups is 1. The van der Waals surface area contributed by atoms with Gasteiger partial charge in [0, 0.05) is 17.7 Å². The van der Waals surface area contributed by atoms with Gasteiger partial charge >= 0.3 is 0 Å². The summed E-state index contributed by atoms with van der Waals surface area (Å²) in [7, 11) is 0. The summed E-state index contributed by atoms with van der Waals surface area (Å²) in [6.45, 7) is 1.35. The number of non-ortho nitro benzene ring substituents is 1. The van der Waals surface area contributed by atoms with Gasteiger partial charge in [-0.05, 0) is 19.1 Å². The Balaban J connectivity index is 2.99. The minimum Gasteiger partial charge on any atom is -0.411 e. The van der Waals surface area contributed by atoms with Gasteiger partial charge in [0.2, 0.25) is 5.78 Å². The van der Waals surface area contributed by atoms with Crippen LogP contribution in [0.4, 0.5) is 5.69 Å². The van der Waals surface area contributed by atoms with Gasteiger partial charge in [-0.25, -0.2) is 0 Å². The zero-order valence-corrected chi connectivity index (χ0v) is 7.88. The van der Waals surface area contributed by atoms with Crippen LogP contribution in [0.3, 0.4) is 0 Å². The molecule has 1 aromatic rings. The Hall–Kier alpha value is -2.24.